The standard InChI is InChI=1S/C19H29N3O4/c1-12(2)19(25)21(5)11-17(23)22-10-15(7-6-13(22)3)20-18(24)16-8-9-26-14(16)4/h8-9,12-13,15H,6-7,10-11H2,1-5H3,(H,20,24). The zero-order valence-electron chi connectivity index (χ0n) is 16.2. The summed E-state index contributed by atoms with van der Waals surface area (Å²) in [6.07, 6.45) is 3.11. The van der Waals surface area contributed by atoms with E-state index in [4.69, 9.17) is 4.42 Å². The van der Waals surface area contributed by atoms with Crippen LogP contribution >= 0.6 is 0 Å². The van der Waals surface area contributed by atoms with E-state index >= 15 is 0 Å². The van der Waals surface area contributed by atoms with Gasteiger partial charge < -0.3 is 19.5 Å². The molecule has 1 aromatic heterocycles. The number of hydrogen-bond acceptors (Lipinski definition) is 4. The van der Waals surface area contributed by atoms with Crippen LogP contribution in [0.4, 0.5) is 0 Å². The third-order valence-electron chi connectivity index (χ3n) is 4.88. The van der Waals surface area contributed by atoms with E-state index in [9.17, 15) is 14.4 Å². The molecule has 0 aliphatic carbocycles. The highest BCUT2D eigenvalue weighted by Gasteiger charge is 2.31. The number of rotatable bonds is 5. The molecule has 1 N–H and O–H groups in total. The summed E-state index contributed by atoms with van der Waals surface area (Å²) in [5.74, 6) is 0.108. The number of aryl methyl sites for hydroxylation is 1. The first-order chi connectivity index (χ1) is 12.2. The lowest BCUT2D eigenvalue weighted by atomic mass is 9.98. The summed E-state index contributed by atoms with van der Waals surface area (Å²) < 4.78 is 5.17. The molecule has 7 heteroatoms. The highest BCUT2D eigenvalue weighted by Crippen LogP contribution is 2.19. The van der Waals surface area contributed by atoms with Crippen molar-refractivity contribution in [2.45, 2.75) is 52.6 Å². The van der Waals surface area contributed by atoms with Gasteiger partial charge in [0.05, 0.1) is 18.4 Å². The zero-order valence-corrected chi connectivity index (χ0v) is 16.2. The second-order valence-corrected chi connectivity index (χ2v) is 7.38. The minimum absolute atomic E-state index is 0.0525. The van der Waals surface area contributed by atoms with Gasteiger partial charge >= 0.3 is 0 Å². The van der Waals surface area contributed by atoms with E-state index in [1.54, 1.807) is 24.9 Å². The molecule has 3 amide bonds. The van der Waals surface area contributed by atoms with Gasteiger partial charge in [0.25, 0.3) is 5.91 Å². The molecule has 26 heavy (non-hydrogen) atoms. The van der Waals surface area contributed by atoms with Gasteiger partial charge in [-0.1, -0.05) is 13.8 Å². The summed E-state index contributed by atoms with van der Waals surface area (Å²) in [7, 11) is 1.65. The Morgan fingerprint density at radius 3 is 2.62 bits per heavy atom. The number of nitrogens with zero attached hydrogens (tertiary/aromatic N) is 2. The molecule has 7 nitrogen and oxygen atoms in total. The van der Waals surface area contributed by atoms with Crippen molar-refractivity contribution in [2.75, 3.05) is 20.1 Å². The van der Waals surface area contributed by atoms with Crippen molar-refractivity contribution in [3.63, 3.8) is 0 Å². The molecule has 2 heterocycles. The van der Waals surface area contributed by atoms with E-state index in [0.717, 1.165) is 12.8 Å². The number of carbonyl (C=O) groups excluding carboxylic acids is 3. The number of furan rings is 1. The maximum atomic E-state index is 12.7. The molecule has 1 aliphatic heterocycles. The Bertz CT molecular complexity index is 667. The van der Waals surface area contributed by atoms with Gasteiger partial charge in [-0.05, 0) is 32.8 Å². The van der Waals surface area contributed by atoms with E-state index in [0.29, 0.717) is 17.9 Å². The van der Waals surface area contributed by atoms with Crippen molar-refractivity contribution >= 4 is 17.7 Å². The Morgan fingerprint density at radius 1 is 1.35 bits per heavy atom. The predicted molar refractivity (Wildman–Crippen MR) is 97.6 cm³/mol. The molecule has 0 saturated carbocycles. The topological polar surface area (TPSA) is 82.9 Å². The summed E-state index contributed by atoms with van der Waals surface area (Å²) in [6.45, 7) is 7.89. The van der Waals surface area contributed by atoms with Gasteiger partial charge in [0.2, 0.25) is 11.8 Å². The number of nitrogens with one attached hydrogen (secondary N) is 1. The first kappa shape index (κ1) is 20.0. The van der Waals surface area contributed by atoms with Gasteiger partial charge in [-0.2, -0.15) is 0 Å². The second-order valence-electron chi connectivity index (χ2n) is 7.38. The Morgan fingerprint density at radius 2 is 2.04 bits per heavy atom. The number of likely N-dealkylation sites (N-methyl/N-ethyl adjacent to an activating group) is 1. The fourth-order valence-electron chi connectivity index (χ4n) is 3.27. The SMILES string of the molecule is Cc1occc1C(=O)NC1CCC(C)N(C(=O)CN(C)C(=O)C(C)C)C1. The van der Waals surface area contributed by atoms with E-state index in [1.807, 2.05) is 20.8 Å². The number of carbonyl (C=O) groups is 3. The van der Waals surface area contributed by atoms with Gasteiger partial charge in [-0.25, -0.2) is 0 Å². The Kier molecular flexibility index (Phi) is 6.45. The lowest BCUT2D eigenvalue weighted by molar-refractivity contribution is -0.143. The molecule has 2 rings (SSSR count). The van der Waals surface area contributed by atoms with E-state index in [-0.39, 0.29) is 42.3 Å². The van der Waals surface area contributed by atoms with Gasteiger partial charge in [0, 0.05) is 31.6 Å². The highest BCUT2D eigenvalue weighted by molar-refractivity contribution is 5.95. The van der Waals surface area contributed by atoms with Gasteiger partial charge in [-0.3, -0.25) is 14.4 Å². The predicted octanol–water partition coefficient (Wildman–Crippen LogP) is 1.81. The van der Waals surface area contributed by atoms with Crippen LogP contribution in [0.3, 0.4) is 0 Å². The number of hydrogen-bond donors (Lipinski definition) is 1. The molecule has 0 radical (unpaired) electrons. The van der Waals surface area contributed by atoms with Crippen LogP contribution in [-0.4, -0.2) is 59.7 Å². The largest absolute Gasteiger partial charge is 0.469 e. The molecule has 1 aromatic rings. The Labute approximate surface area is 154 Å². The summed E-state index contributed by atoms with van der Waals surface area (Å²) >= 11 is 0. The minimum Gasteiger partial charge on any atom is -0.469 e. The number of likely N-dealkylation sites (tertiary alicyclic amines) is 1. The molecule has 2 unspecified atom stereocenters. The Hall–Kier alpha value is -2.31. The normalized spacial score (nSPS) is 20.2. The van der Waals surface area contributed by atoms with Crippen LogP contribution in [0, 0.1) is 12.8 Å². The van der Waals surface area contributed by atoms with Crippen LogP contribution in [0.5, 0.6) is 0 Å². The first-order valence-corrected chi connectivity index (χ1v) is 9.10. The van der Waals surface area contributed by atoms with Crippen molar-refractivity contribution in [1.82, 2.24) is 15.1 Å². The molecule has 2 atom stereocenters. The van der Waals surface area contributed by atoms with Crippen LogP contribution < -0.4 is 5.32 Å². The monoisotopic (exact) mass is 363 g/mol. The summed E-state index contributed by atoms with van der Waals surface area (Å²) in [5, 5.41) is 2.99. The van der Waals surface area contributed by atoms with Crippen LogP contribution in [0.15, 0.2) is 16.7 Å². The Balaban J connectivity index is 1.96. The lowest BCUT2D eigenvalue weighted by Crippen LogP contribution is -2.55. The second kappa shape index (κ2) is 8.38. The zero-order chi connectivity index (χ0) is 19.4. The number of amides is 3. The van der Waals surface area contributed by atoms with Crippen LogP contribution in [-0.2, 0) is 9.59 Å². The lowest BCUT2D eigenvalue weighted by Gasteiger charge is -2.39. The van der Waals surface area contributed by atoms with Gasteiger partial charge in [0.15, 0.2) is 0 Å². The molecule has 1 aliphatic rings. The first-order valence-electron chi connectivity index (χ1n) is 9.10. The van der Waals surface area contributed by atoms with E-state index in [2.05, 4.69) is 5.32 Å². The van der Waals surface area contributed by atoms with Crippen LogP contribution in [0.2, 0.25) is 0 Å². The summed E-state index contributed by atoms with van der Waals surface area (Å²) in [6, 6.07) is 1.63. The molecule has 1 saturated heterocycles. The minimum atomic E-state index is -0.185. The third kappa shape index (κ3) is 4.65. The molecule has 1 fully saturated rings. The number of piperidine rings is 1. The molecular formula is C19H29N3O4. The van der Waals surface area contributed by atoms with Crippen molar-refractivity contribution < 1.29 is 18.8 Å². The van der Waals surface area contributed by atoms with Crippen molar-refractivity contribution in [3.05, 3.63) is 23.7 Å². The molecule has 0 aromatic carbocycles. The van der Waals surface area contributed by atoms with Crippen LogP contribution in [0.1, 0.15) is 49.7 Å². The van der Waals surface area contributed by atoms with Gasteiger partial charge in [-0.15, -0.1) is 0 Å². The maximum Gasteiger partial charge on any atom is 0.255 e. The van der Waals surface area contributed by atoms with Crippen LogP contribution in [0.25, 0.3) is 0 Å². The quantitative estimate of drug-likeness (QED) is 0.865. The summed E-state index contributed by atoms with van der Waals surface area (Å²) in [5.41, 5.74) is 0.517. The average molecular weight is 363 g/mol. The average Bonchev–Trinajstić information content (AvgIpc) is 3.01. The van der Waals surface area contributed by atoms with E-state index in [1.165, 1.54) is 11.2 Å². The molecule has 0 bridgehead atoms. The smallest absolute Gasteiger partial charge is 0.255 e. The van der Waals surface area contributed by atoms with Crippen molar-refractivity contribution in [2.24, 2.45) is 5.92 Å². The fraction of sp³-hybridized carbons (Fsp3) is 0.632. The van der Waals surface area contributed by atoms with Crippen molar-refractivity contribution in [1.29, 1.82) is 0 Å². The highest BCUT2D eigenvalue weighted by atomic mass is 16.3. The maximum absolute atomic E-state index is 12.7. The summed E-state index contributed by atoms with van der Waals surface area (Å²) in [4.78, 5) is 40.3. The fourth-order valence-corrected chi connectivity index (χ4v) is 3.27. The van der Waals surface area contributed by atoms with Gasteiger partial charge in [0.1, 0.15) is 5.76 Å². The molecule has 0 spiro atoms. The molecule has 144 valence electrons. The van der Waals surface area contributed by atoms with Crippen molar-refractivity contribution in [3.8, 4) is 0 Å². The third-order valence-corrected chi connectivity index (χ3v) is 4.88. The molecular weight excluding hydrogens is 334 g/mol. The van der Waals surface area contributed by atoms with E-state index < -0.39 is 0 Å².